The number of carbonyl (C=O) groups is 4. The van der Waals surface area contributed by atoms with Crippen molar-refractivity contribution < 1.29 is 84.2 Å². The number of carbonyl (C=O) groups excluding carboxylic acids is 2. The Balaban J connectivity index is 0.000000202. The van der Waals surface area contributed by atoms with Crippen molar-refractivity contribution in [3.63, 3.8) is 0 Å². The minimum absolute atomic E-state index is 0.0856. The summed E-state index contributed by atoms with van der Waals surface area (Å²) in [4.78, 5) is 53.6. The van der Waals surface area contributed by atoms with Crippen molar-refractivity contribution >= 4 is 69.7 Å². The highest BCUT2D eigenvalue weighted by molar-refractivity contribution is 6.31. The molecule has 16 nitrogen and oxygen atoms in total. The van der Waals surface area contributed by atoms with Crippen LogP contribution < -0.4 is 48.9 Å². The topological polar surface area (TPSA) is 195 Å². The maximum atomic E-state index is 14.2. The van der Waals surface area contributed by atoms with Crippen LogP contribution in [0, 0.1) is 37.5 Å². The number of hydrogen-bond acceptors (Lipinski definition) is 12. The number of alkyl halides is 6. The number of amides is 2. The Morgan fingerprint density at radius 2 is 0.929 bits per heavy atom. The number of rotatable bonds is 20. The first-order valence-corrected chi connectivity index (χ1v) is 27.1. The predicted octanol–water partition coefficient (Wildman–Crippen LogP) is 12.8. The normalized spacial score (nSPS) is 18.2. The van der Waals surface area contributed by atoms with E-state index in [1.54, 1.807) is 72.8 Å². The fourth-order valence-electron chi connectivity index (χ4n) is 10.3. The molecule has 4 aliphatic rings. The van der Waals surface area contributed by atoms with E-state index in [2.05, 4.69) is 20.1 Å². The number of benzene rings is 6. The quantitative estimate of drug-likeness (QED) is 0.0527. The van der Waals surface area contributed by atoms with E-state index in [0.717, 1.165) is 22.3 Å². The van der Waals surface area contributed by atoms with Crippen LogP contribution in [0.3, 0.4) is 0 Å². The summed E-state index contributed by atoms with van der Waals surface area (Å²) in [5, 5.41) is 25.8. The van der Waals surface area contributed by atoms with Crippen LogP contribution in [0.2, 0.25) is 10.0 Å². The van der Waals surface area contributed by atoms with Crippen molar-refractivity contribution in [1.29, 1.82) is 0 Å². The molecule has 2 fully saturated rings. The van der Waals surface area contributed by atoms with Crippen LogP contribution >= 0.6 is 23.2 Å². The summed E-state index contributed by atoms with van der Waals surface area (Å²) in [5.41, 5.74) is 5.79. The summed E-state index contributed by atoms with van der Waals surface area (Å²) in [5.74, 6) is -2.59. The number of nitrogens with zero attached hydrogens (tertiary/aromatic N) is 2. The first-order chi connectivity index (χ1) is 39.8. The first kappa shape index (κ1) is 60.4. The van der Waals surface area contributed by atoms with Gasteiger partial charge in [0.2, 0.25) is 0 Å². The van der Waals surface area contributed by atoms with Gasteiger partial charge in [0.1, 0.15) is 46.6 Å². The van der Waals surface area contributed by atoms with Crippen LogP contribution in [0.5, 0.6) is 34.5 Å². The van der Waals surface area contributed by atoms with Crippen LogP contribution in [0.4, 0.5) is 49.1 Å². The number of carboxylic acids is 2. The highest BCUT2D eigenvalue weighted by Crippen LogP contribution is 2.43. The van der Waals surface area contributed by atoms with Crippen molar-refractivity contribution in [2.45, 2.75) is 64.3 Å². The summed E-state index contributed by atoms with van der Waals surface area (Å²) in [6.45, 7) is 4.60. The van der Waals surface area contributed by atoms with Crippen LogP contribution in [0.1, 0.15) is 58.3 Å². The number of methoxy groups -OCH3 is 2. The molecule has 6 atom stereocenters. The van der Waals surface area contributed by atoms with E-state index in [9.17, 15) is 55.7 Å². The summed E-state index contributed by atoms with van der Waals surface area (Å²) < 4.78 is 108. The number of fused-ring (bicyclic) bond motifs is 2. The zero-order chi connectivity index (χ0) is 60.4. The average Bonchev–Trinajstić information content (AvgIpc) is 3.92. The molecule has 4 N–H and O–H groups in total. The number of ether oxygens (including phenoxy) is 6. The van der Waals surface area contributed by atoms with Crippen LogP contribution in [0.15, 0.2) is 109 Å². The number of aryl methyl sites for hydroxylation is 2. The third-order valence-corrected chi connectivity index (χ3v) is 15.2. The van der Waals surface area contributed by atoms with Gasteiger partial charge in [-0.2, -0.15) is 0 Å². The zero-order valence-corrected chi connectivity index (χ0v) is 46.9. The smallest absolute Gasteiger partial charge is 0.497 e. The molecule has 0 radical (unpaired) electrons. The van der Waals surface area contributed by atoms with Gasteiger partial charge in [0.25, 0.3) is 11.8 Å². The fourth-order valence-corrected chi connectivity index (χ4v) is 10.7. The van der Waals surface area contributed by atoms with Crippen molar-refractivity contribution in [3.8, 4) is 34.5 Å². The number of anilines is 4. The average molecular weight is 1210 g/mol. The van der Waals surface area contributed by atoms with E-state index in [4.69, 9.17) is 42.1 Å². The maximum Gasteiger partial charge on any atom is 0.573 e. The van der Waals surface area contributed by atoms with Gasteiger partial charge < -0.3 is 59.1 Å². The molecule has 2 aliphatic carbocycles. The Kier molecular flexibility index (Phi) is 17.9. The van der Waals surface area contributed by atoms with E-state index in [1.165, 1.54) is 60.4 Å². The Hall–Kier alpha value is -8.24. The van der Waals surface area contributed by atoms with Gasteiger partial charge in [-0.3, -0.25) is 19.2 Å². The van der Waals surface area contributed by atoms with Crippen molar-refractivity contribution in [3.05, 3.63) is 153 Å². The lowest BCUT2D eigenvalue weighted by molar-refractivity contribution is -0.275. The summed E-state index contributed by atoms with van der Waals surface area (Å²) >= 11 is 12.4. The largest absolute Gasteiger partial charge is 0.573 e. The lowest BCUT2D eigenvalue weighted by Crippen LogP contribution is -2.37. The zero-order valence-electron chi connectivity index (χ0n) is 45.4. The molecule has 6 unspecified atom stereocenters. The number of carboxylic acid groups (broad SMARTS) is 2. The van der Waals surface area contributed by atoms with E-state index in [-0.39, 0.29) is 38.1 Å². The van der Waals surface area contributed by atoms with Gasteiger partial charge in [-0.05, 0) is 109 Å². The number of hydrogen-bond donors (Lipinski definition) is 4. The molecule has 2 saturated carbocycles. The molecule has 6 aromatic rings. The molecule has 444 valence electrons. The van der Waals surface area contributed by atoms with Gasteiger partial charge >= 0.3 is 24.7 Å². The Labute approximate surface area is 488 Å². The summed E-state index contributed by atoms with van der Waals surface area (Å²) in [6, 6.07) is 26.3. The number of nitrogens with one attached hydrogen (secondary N) is 2. The minimum Gasteiger partial charge on any atom is -0.497 e. The van der Waals surface area contributed by atoms with E-state index in [1.807, 2.05) is 13.8 Å². The van der Waals surface area contributed by atoms with Crippen LogP contribution in [0.25, 0.3) is 0 Å². The van der Waals surface area contributed by atoms with Gasteiger partial charge in [0.15, 0.2) is 0 Å². The van der Waals surface area contributed by atoms with Gasteiger partial charge in [0.05, 0.1) is 50.6 Å². The second-order valence-corrected chi connectivity index (χ2v) is 21.5. The Bertz CT molecular complexity index is 3250. The van der Waals surface area contributed by atoms with E-state index < -0.39 is 71.9 Å². The van der Waals surface area contributed by atoms with Crippen LogP contribution in [-0.2, 0) is 32.0 Å². The molecule has 0 spiro atoms. The lowest BCUT2D eigenvalue weighted by atomic mass is 9.99. The molecule has 24 heteroatoms. The molecule has 6 aromatic carbocycles. The Morgan fingerprint density at radius 3 is 1.26 bits per heavy atom. The molecule has 2 aliphatic heterocycles. The SMILES string of the molecule is COc1cc(NC(C(=O)N2CCc3ccc(OC(F)(F)F)cc32)c2ccc(Cl)cc2C)cc(OCC2CC2C(=O)O)c1.COc1cc(NC(C(=O)N2CCc3ccc(OC(F)(F)F)cc32)c2ccc(Cl)cc2C)cc(OCC2CC2C(=O)O)c1. The van der Waals surface area contributed by atoms with Gasteiger partial charge in [-0.1, -0.05) is 47.5 Å². The van der Waals surface area contributed by atoms with Gasteiger partial charge in [0, 0.05) is 94.9 Å². The molecule has 0 saturated heterocycles. The van der Waals surface area contributed by atoms with Crippen molar-refractivity contribution in [2.75, 3.05) is 61.0 Å². The molecule has 0 bridgehead atoms. The monoisotopic (exact) mass is 1210 g/mol. The van der Waals surface area contributed by atoms with Crippen molar-refractivity contribution in [1.82, 2.24) is 0 Å². The predicted molar refractivity (Wildman–Crippen MR) is 299 cm³/mol. The molecule has 10 rings (SSSR count). The standard InChI is InChI=1S/2C30H28ClF3N2O6/c2*1-16-9-19(31)4-6-24(16)27(28(37)36-8-7-17-3-5-21(14-26(17)36)42-30(32,33)34)35-20-11-22(40-2)13-23(12-20)41-15-18-10-25(18)29(38)39/h2*3-6,9,11-14,18,25,27,35H,7-8,10,15H2,1-2H3,(H,38,39). The summed E-state index contributed by atoms with van der Waals surface area (Å²) in [6.07, 6.45) is -7.71. The maximum absolute atomic E-state index is 14.2. The second-order valence-electron chi connectivity index (χ2n) is 20.6. The molecule has 84 heavy (non-hydrogen) atoms. The van der Waals surface area contributed by atoms with E-state index >= 15 is 0 Å². The highest BCUT2D eigenvalue weighted by atomic mass is 35.5. The lowest BCUT2D eigenvalue weighted by Gasteiger charge is -2.27. The number of aliphatic carboxylic acids is 2. The summed E-state index contributed by atoms with van der Waals surface area (Å²) in [7, 11) is 2.97. The van der Waals surface area contributed by atoms with E-state index in [0.29, 0.717) is 92.6 Å². The fraction of sp³-hybridized carbons (Fsp3) is 0.333. The van der Waals surface area contributed by atoms with Gasteiger partial charge in [-0.25, -0.2) is 0 Å². The molecule has 2 heterocycles. The molecular weight excluding hydrogens is 1150 g/mol. The second kappa shape index (κ2) is 24.9. The third kappa shape index (κ3) is 14.9. The number of halogens is 8. The minimum atomic E-state index is -4.87. The first-order valence-electron chi connectivity index (χ1n) is 26.4. The highest BCUT2D eigenvalue weighted by Gasteiger charge is 2.45. The van der Waals surface area contributed by atoms with Crippen LogP contribution in [-0.4, -0.2) is 87.2 Å². The molecule has 2 amide bonds. The third-order valence-electron chi connectivity index (χ3n) is 14.7. The molecule has 0 aromatic heterocycles. The van der Waals surface area contributed by atoms with Gasteiger partial charge in [-0.15, -0.1) is 26.3 Å². The molecular formula is C60H56Cl2F6N4O12. The Morgan fingerprint density at radius 1 is 0.548 bits per heavy atom. The van der Waals surface area contributed by atoms with Crippen molar-refractivity contribution in [2.24, 2.45) is 23.7 Å².